The average molecular weight is 725 g/mol. The molecular weight excluding hydrogens is 681 g/mol. The summed E-state index contributed by atoms with van der Waals surface area (Å²) in [6.07, 6.45) is 0. The van der Waals surface area contributed by atoms with Crippen molar-refractivity contribution < 1.29 is 8.83 Å². The third-order valence-electron chi connectivity index (χ3n) is 11.6. The molecule has 0 bridgehead atoms. The lowest BCUT2D eigenvalue weighted by Gasteiger charge is -2.18. The molecule has 56 heavy (non-hydrogen) atoms. The molecule has 272 valence electrons. The van der Waals surface area contributed by atoms with Gasteiger partial charge in [0.25, 0.3) is 0 Å². The highest BCUT2D eigenvalue weighted by molar-refractivity contribution is 6.26. The van der Waals surface area contributed by atoms with E-state index in [1.165, 1.54) is 21.9 Å². The van der Waals surface area contributed by atoms with Crippen molar-refractivity contribution in [3.8, 4) is 44.9 Å². The summed E-state index contributed by atoms with van der Waals surface area (Å²) in [5, 5.41) is 9.06. The van der Waals surface area contributed by atoms with Crippen LogP contribution < -0.4 is 0 Å². The van der Waals surface area contributed by atoms with Gasteiger partial charge in [-0.2, -0.15) is 0 Å². The van der Waals surface area contributed by atoms with Crippen LogP contribution in [0.4, 0.5) is 0 Å². The Hall–Kier alpha value is -6.38. The molecule has 0 spiro atoms. The van der Waals surface area contributed by atoms with E-state index in [1.807, 2.05) is 0 Å². The first-order valence-corrected chi connectivity index (χ1v) is 19.7. The van der Waals surface area contributed by atoms with Crippen molar-refractivity contribution >= 4 is 54.3 Å². The molecule has 2 heterocycles. The Morgan fingerprint density at radius 3 is 1.09 bits per heavy atom. The monoisotopic (exact) mass is 724 g/mol. The van der Waals surface area contributed by atoms with Crippen LogP contribution in [0.1, 0.15) is 52.7 Å². The Kier molecular flexibility index (Phi) is 7.67. The molecule has 2 nitrogen and oxygen atoms in total. The van der Waals surface area contributed by atoms with Crippen molar-refractivity contribution in [1.82, 2.24) is 0 Å². The van der Waals surface area contributed by atoms with Crippen LogP contribution in [0.5, 0.6) is 0 Å². The quantitative estimate of drug-likeness (QED) is 0.169. The van der Waals surface area contributed by atoms with Crippen LogP contribution >= 0.6 is 0 Å². The standard InChI is InChI=1S/C54H44O2/c1-53(2,3)37-25-27-41-45(31-37)55-51(47(41)33-17-9-7-10-18-33)49-39-23-15-16-24-40(39)50(44-30-36-22-14-13-21-35(36)29-43(44)49)52-48(34-19-11-8-12-20-34)42-28-26-38(54(4,5)6)32-46(42)56-52/h7-32H,1-6H3. The molecule has 0 unspecified atom stereocenters. The Balaban J connectivity index is 1.39. The molecular formula is C54H44O2. The van der Waals surface area contributed by atoms with Gasteiger partial charge in [-0.1, -0.05) is 175 Å². The zero-order valence-corrected chi connectivity index (χ0v) is 32.8. The fourth-order valence-electron chi connectivity index (χ4n) is 8.61. The first-order chi connectivity index (χ1) is 27.0. The maximum atomic E-state index is 7.21. The third kappa shape index (κ3) is 5.46. The highest BCUT2D eigenvalue weighted by Crippen LogP contribution is 2.52. The van der Waals surface area contributed by atoms with Gasteiger partial charge in [0.1, 0.15) is 22.7 Å². The zero-order chi connectivity index (χ0) is 38.3. The normalized spacial score (nSPS) is 12.5. The molecule has 2 aromatic heterocycles. The Morgan fingerprint density at radius 2 is 0.696 bits per heavy atom. The van der Waals surface area contributed by atoms with Gasteiger partial charge in [-0.15, -0.1) is 0 Å². The molecule has 0 fully saturated rings. The summed E-state index contributed by atoms with van der Waals surface area (Å²) < 4.78 is 14.4. The molecule has 0 aliphatic carbocycles. The Bertz CT molecular complexity index is 2910. The molecule has 10 aromatic rings. The highest BCUT2D eigenvalue weighted by atomic mass is 16.3. The summed E-state index contributed by atoms with van der Waals surface area (Å²) in [4.78, 5) is 0. The number of rotatable bonds is 4. The molecule has 8 aromatic carbocycles. The molecule has 10 rings (SSSR count). The van der Waals surface area contributed by atoms with Crippen molar-refractivity contribution in [2.45, 2.75) is 52.4 Å². The number of hydrogen-bond acceptors (Lipinski definition) is 2. The lowest BCUT2D eigenvalue weighted by atomic mass is 9.84. The minimum absolute atomic E-state index is 0.0231. The summed E-state index contributed by atoms with van der Waals surface area (Å²) in [5.74, 6) is 1.76. The van der Waals surface area contributed by atoms with Gasteiger partial charge in [-0.3, -0.25) is 0 Å². The predicted octanol–water partition coefficient (Wildman–Crippen LogP) is 15.9. The lowest BCUT2D eigenvalue weighted by molar-refractivity contribution is 0.585. The van der Waals surface area contributed by atoms with E-state index >= 15 is 0 Å². The molecule has 2 heteroatoms. The van der Waals surface area contributed by atoms with E-state index in [4.69, 9.17) is 8.83 Å². The summed E-state index contributed by atoms with van der Waals surface area (Å²) in [6.45, 7) is 13.5. The molecule has 0 aliphatic heterocycles. The molecule has 0 amide bonds. The Labute approximate surface area is 328 Å². The smallest absolute Gasteiger partial charge is 0.144 e. The second-order valence-corrected chi connectivity index (χ2v) is 17.3. The molecule has 0 atom stereocenters. The topological polar surface area (TPSA) is 26.3 Å². The van der Waals surface area contributed by atoms with Crippen LogP contribution in [-0.4, -0.2) is 0 Å². The number of benzene rings is 8. The Morgan fingerprint density at radius 1 is 0.321 bits per heavy atom. The van der Waals surface area contributed by atoms with Gasteiger partial charge in [0.15, 0.2) is 0 Å². The summed E-state index contributed by atoms with van der Waals surface area (Å²) in [6, 6.07) is 57.2. The maximum absolute atomic E-state index is 7.21. The maximum Gasteiger partial charge on any atom is 0.144 e. The highest BCUT2D eigenvalue weighted by Gasteiger charge is 2.29. The van der Waals surface area contributed by atoms with Gasteiger partial charge in [-0.25, -0.2) is 0 Å². The first-order valence-electron chi connectivity index (χ1n) is 19.7. The van der Waals surface area contributed by atoms with Crippen LogP contribution in [0.2, 0.25) is 0 Å². The fraction of sp³-hybridized carbons (Fsp3) is 0.148. The van der Waals surface area contributed by atoms with E-state index in [-0.39, 0.29) is 10.8 Å². The van der Waals surface area contributed by atoms with E-state index in [9.17, 15) is 0 Å². The lowest BCUT2D eigenvalue weighted by Crippen LogP contribution is -2.10. The molecule has 0 radical (unpaired) electrons. The van der Waals surface area contributed by atoms with Crippen molar-refractivity contribution in [3.63, 3.8) is 0 Å². The van der Waals surface area contributed by atoms with E-state index in [0.717, 1.165) is 88.4 Å². The van der Waals surface area contributed by atoms with E-state index < -0.39 is 0 Å². The van der Waals surface area contributed by atoms with Crippen LogP contribution in [-0.2, 0) is 10.8 Å². The van der Waals surface area contributed by atoms with Crippen molar-refractivity contribution in [2.24, 2.45) is 0 Å². The zero-order valence-electron chi connectivity index (χ0n) is 32.8. The number of furan rings is 2. The van der Waals surface area contributed by atoms with Crippen LogP contribution in [0.25, 0.3) is 99.2 Å². The van der Waals surface area contributed by atoms with Crippen LogP contribution in [0.3, 0.4) is 0 Å². The summed E-state index contributed by atoms with van der Waals surface area (Å²) in [5.41, 5.74) is 10.9. The van der Waals surface area contributed by atoms with Crippen molar-refractivity contribution in [1.29, 1.82) is 0 Å². The van der Waals surface area contributed by atoms with Gasteiger partial charge < -0.3 is 8.83 Å². The molecule has 0 saturated carbocycles. The second-order valence-electron chi connectivity index (χ2n) is 17.3. The largest absolute Gasteiger partial charge is 0.455 e. The average Bonchev–Trinajstić information content (AvgIpc) is 3.77. The minimum Gasteiger partial charge on any atom is -0.455 e. The van der Waals surface area contributed by atoms with Gasteiger partial charge in [0, 0.05) is 33.0 Å². The SMILES string of the molecule is CC(C)(C)c1ccc2c(-c3ccccc3)c(-c3c4ccccc4c(-c4oc5cc(C(C)(C)C)ccc5c4-c4ccccc4)c4cc5ccccc5cc34)oc2c1. The van der Waals surface area contributed by atoms with E-state index in [1.54, 1.807) is 0 Å². The van der Waals surface area contributed by atoms with Crippen LogP contribution in [0.15, 0.2) is 167 Å². The van der Waals surface area contributed by atoms with Gasteiger partial charge in [-0.05, 0) is 89.7 Å². The first kappa shape index (κ1) is 34.1. The summed E-state index contributed by atoms with van der Waals surface area (Å²) >= 11 is 0. The second kappa shape index (κ2) is 12.6. The predicted molar refractivity (Wildman–Crippen MR) is 238 cm³/mol. The van der Waals surface area contributed by atoms with Crippen molar-refractivity contribution in [2.75, 3.05) is 0 Å². The minimum atomic E-state index is -0.0231. The van der Waals surface area contributed by atoms with Gasteiger partial charge >= 0.3 is 0 Å². The molecule has 0 aliphatic rings. The molecule has 0 saturated heterocycles. The van der Waals surface area contributed by atoms with Crippen molar-refractivity contribution in [3.05, 3.63) is 169 Å². The number of fused-ring (bicyclic) bond motifs is 5. The van der Waals surface area contributed by atoms with Gasteiger partial charge in [0.05, 0.1) is 0 Å². The molecule has 0 N–H and O–H groups in total. The van der Waals surface area contributed by atoms with Gasteiger partial charge in [0.2, 0.25) is 0 Å². The fourth-order valence-corrected chi connectivity index (χ4v) is 8.61. The van der Waals surface area contributed by atoms with E-state index in [2.05, 4.69) is 199 Å². The third-order valence-corrected chi connectivity index (χ3v) is 11.6. The van der Waals surface area contributed by atoms with E-state index in [0.29, 0.717) is 0 Å². The van der Waals surface area contributed by atoms with Crippen LogP contribution in [0, 0.1) is 0 Å². The number of hydrogen-bond donors (Lipinski definition) is 0. The summed E-state index contributed by atoms with van der Waals surface area (Å²) in [7, 11) is 0.